The first-order valence-electron chi connectivity index (χ1n) is 8.08. The van der Waals surface area contributed by atoms with E-state index in [4.69, 9.17) is 24.7 Å². The average molecular weight is 357 g/mol. The second kappa shape index (κ2) is 8.80. The lowest BCUT2D eigenvalue weighted by molar-refractivity contribution is -0.113. The highest BCUT2D eigenvalue weighted by Crippen LogP contribution is 2.36. The number of nitrogens with two attached hydrogens (primary N) is 1. The minimum atomic E-state index is -0.552. The van der Waals surface area contributed by atoms with Crippen LogP contribution in [0.25, 0.3) is 5.57 Å². The van der Waals surface area contributed by atoms with Crippen molar-refractivity contribution in [1.82, 2.24) is 0 Å². The van der Waals surface area contributed by atoms with Crippen LogP contribution in [-0.4, -0.2) is 33.8 Å². The monoisotopic (exact) mass is 357 g/mol. The molecule has 2 aromatic rings. The summed E-state index contributed by atoms with van der Waals surface area (Å²) in [5.74, 6) is 1.80. The molecule has 1 amide bonds. The Labute approximate surface area is 153 Å². The van der Waals surface area contributed by atoms with E-state index in [1.54, 1.807) is 39.5 Å². The van der Waals surface area contributed by atoms with E-state index in [0.29, 0.717) is 35.2 Å². The van der Waals surface area contributed by atoms with Gasteiger partial charge in [0.2, 0.25) is 5.91 Å². The summed E-state index contributed by atoms with van der Waals surface area (Å²) in [6, 6.07) is 10.8. The lowest BCUT2D eigenvalue weighted by atomic mass is 9.96. The van der Waals surface area contributed by atoms with Gasteiger partial charge in [-0.25, -0.2) is 0 Å². The second-order valence-corrected chi connectivity index (χ2v) is 5.33. The highest BCUT2D eigenvalue weighted by molar-refractivity contribution is 5.98. The van der Waals surface area contributed by atoms with Crippen molar-refractivity contribution in [1.29, 1.82) is 0 Å². The summed E-state index contributed by atoms with van der Waals surface area (Å²) in [5.41, 5.74) is 7.58. The van der Waals surface area contributed by atoms with E-state index in [1.807, 2.05) is 25.1 Å². The molecule has 2 N–H and O–H groups in total. The number of hydrogen-bond acceptors (Lipinski definition) is 5. The molecule has 0 atom stereocenters. The van der Waals surface area contributed by atoms with Crippen molar-refractivity contribution < 1.29 is 23.7 Å². The molecule has 0 radical (unpaired) electrons. The fourth-order valence-electron chi connectivity index (χ4n) is 2.59. The van der Waals surface area contributed by atoms with Gasteiger partial charge in [-0.3, -0.25) is 4.79 Å². The van der Waals surface area contributed by atoms with Crippen molar-refractivity contribution in [3.8, 4) is 23.0 Å². The first-order chi connectivity index (χ1) is 12.5. The maximum atomic E-state index is 11.6. The Morgan fingerprint density at radius 3 is 1.85 bits per heavy atom. The summed E-state index contributed by atoms with van der Waals surface area (Å²) in [7, 11) is 4.70. The van der Waals surface area contributed by atoms with Gasteiger partial charge in [-0.1, -0.05) is 12.1 Å². The molecule has 0 heterocycles. The van der Waals surface area contributed by atoms with E-state index in [1.165, 1.54) is 6.08 Å². The predicted octanol–water partition coefficient (Wildman–Crippen LogP) is 3.03. The summed E-state index contributed by atoms with van der Waals surface area (Å²) in [4.78, 5) is 11.6. The topological polar surface area (TPSA) is 80.0 Å². The van der Waals surface area contributed by atoms with Gasteiger partial charge in [0.05, 0.1) is 27.9 Å². The van der Waals surface area contributed by atoms with Gasteiger partial charge in [-0.05, 0) is 47.9 Å². The molecule has 0 aliphatic heterocycles. The summed E-state index contributed by atoms with van der Waals surface area (Å²) in [6.45, 7) is 2.38. The first-order valence-corrected chi connectivity index (χ1v) is 8.08. The predicted molar refractivity (Wildman–Crippen MR) is 100.0 cm³/mol. The van der Waals surface area contributed by atoms with Gasteiger partial charge in [0.1, 0.15) is 0 Å². The van der Waals surface area contributed by atoms with Gasteiger partial charge in [0, 0.05) is 6.08 Å². The fourth-order valence-corrected chi connectivity index (χ4v) is 2.59. The van der Waals surface area contributed by atoms with Crippen LogP contribution in [0.1, 0.15) is 18.1 Å². The smallest absolute Gasteiger partial charge is 0.242 e. The molecule has 0 unspecified atom stereocenters. The molecule has 0 fully saturated rings. The maximum absolute atomic E-state index is 11.6. The van der Waals surface area contributed by atoms with E-state index in [-0.39, 0.29) is 0 Å². The molecule has 6 heteroatoms. The highest BCUT2D eigenvalue weighted by atomic mass is 16.5. The van der Waals surface area contributed by atoms with Crippen molar-refractivity contribution >= 4 is 11.5 Å². The van der Waals surface area contributed by atoms with E-state index in [2.05, 4.69) is 0 Å². The Morgan fingerprint density at radius 1 is 0.885 bits per heavy atom. The molecule has 0 aliphatic carbocycles. The van der Waals surface area contributed by atoms with Gasteiger partial charge in [0.25, 0.3) is 0 Å². The Morgan fingerprint density at radius 2 is 1.38 bits per heavy atom. The summed E-state index contributed by atoms with van der Waals surface area (Å²) < 4.78 is 21.6. The van der Waals surface area contributed by atoms with Crippen LogP contribution in [0.4, 0.5) is 0 Å². The molecular formula is C20H23NO5. The largest absolute Gasteiger partial charge is 0.493 e. The molecule has 0 saturated heterocycles. The van der Waals surface area contributed by atoms with E-state index in [0.717, 1.165) is 11.1 Å². The standard InChI is InChI=1S/C20H23NO5/c1-5-26-19-11-14(7-9-17(19)24-3)15(12-20(21)22)13-6-8-16(23-2)18(10-13)25-4/h6-12H,5H2,1-4H3,(H2,21,22)/b15-12-. The minimum Gasteiger partial charge on any atom is -0.493 e. The molecule has 26 heavy (non-hydrogen) atoms. The summed E-state index contributed by atoms with van der Waals surface area (Å²) in [6.07, 6.45) is 1.37. The summed E-state index contributed by atoms with van der Waals surface area (Å²) in [5, 5.41) is 0. The normalized spacial score (nSPS) is 11.0. The zero-order valence-electron chi connectivity index (χ0n) is 15.4. The number of primary amides is 1. The lowest BCUT2D eigenvalue weighted by Gasteiger charge is -2.15. The average Bonchev–Trinajstić information content (AvgIpc) is 2.65. The SMILES string of the molecule is CCOc1cc(/C(=C\C(N)=O)c2ccc(OC)c(OC)c2)ccc1OC. The highest BCUT2D eigenvalue weighted by Gasteiger charge is 2.14. The Kier molecular flexibility index (Phi) is 6.49. The van der Waals surface area contributed by atoms with Crippen molar-refractivity contribution in [2.45, 2.75) is 6.92 Å². The Bertz CT molecular complexity index is 814. The third kappa shape index (κ3) is 4.27. The third-order valence-corrected chi connectivity index (χ3v) is 3.76. The van der Waals surface area contributed by atoms with Crippen LogP contribution in [0.3, 0.4) is 0 Å². The van der Waals surface area contributed by atoms with Crippen LogP contribution in [0.15, 0.2) is 42.5 Å². The maximum Gasteiger partial charge on any atom is 0.242 e. The van der Waals surface area contributed by atoms with E-state index >= 15 is 0 Å². The van der Waals surface area contributed by atoms with Gasteiger partial charge in [0.15, 0.2) is 23.0 Å². The van der Waals surface area contributed by atoms with E-state index < -0.39 is 5.91 Å². The molecule has 0 aromatic heterocycles. The Hall–Kier alpha value is -3.15. The van der Waals surface area contributed by atoms with Crippen LogP contribution < -0.4 is 24.7 Å². The molecule has 0 spiro atoms. The van der Waals surface area contributed by atoms with Gasteiger partial charge < -0.3 is 24.7 Å². The van der Waals surface area contributed by atoms with Crippen LogP contribution in [0, 0.1) is 0 Å². The van der Waals surface area contributed by atoms with Crippen molar-refractivity contribution in [2.24, 2.45) is 5.73 Å². The lowest BCUT2D eigenvalue weighted by Crippen LogP contribution is -2.08. The number of ether oxygens (including phenoxy) is 4. The fraction of sp³-hybridized carbons (Fsp3) is 0.250. The number of methoxy groups -OCH3 is 3. The molecule has 0 aliphatic rings. The number of carbonyl (C=O) groups is 1. The number of amides is 1. The molecule has 2 aromatic carbocycles. The zero-order chi connectivity index (χ0) is 19.1. The van der Waals surface area contributed by atoms with Gasteiger partial charge >= 0.3 is 0 Å². The van der Waals surface area contributed by atoms with Crippen molar-refractivity contribution in [3.05, 3.63) is 53.6 Å². The molecule has 138 valence electrons. The van der Waals surface area contributed by atoms with Crippen molar-refractivity contribution in [3.63, 3.8) is 0 Å². The number of benzene rings is 2. The van der Waals surface area contributed by atoms with E-state index in [9.17, 15) is 4.79 Å². The molecule has 0 bridgehead atoms. The Balaban J connectivity index is 2.59. The van der Waals surface area contributed by atoms with Gasteiger partial charge in [-0.15, -0.1) is 0 Å². The van der Waals surface area contributed by atoms with Gasteiger partial charge in [-0.2, -0.15) is 0 Å². The van der Waals surface area contributed by atoms with Crippen molar-refractivity contribution in [2.75, 3.05) is 27.9 Å². The molecular weight excluding hydrogens is 334 g/mol. The zero-order valence-corrected chi connectivity index (χ0v) is 15.4. The van der Waals surface area contributed by atoms with Crippen LogP contribution in [-0.2, 0) is 4.79 Å². The number of carbonyl (C=O) groups excluding carboxylic acids is 1. The molecule has 0 saturated carbocycles. The first kappa shape index (κ1) is 19.2. The molecule has 2 rings (SSSR count). The van der Waals surface area contributed by atoms with Crippen LogP contribution in [0.5, 0.6) is 23.0 Å². The number of hydrogen-bond donors (Lipinski definition) is 1. The second-order valence-electron chi connectivity index (χ2n) is 5.33. The van der Waals surface area contributed by atoms with Crippen LogP contribution >= 0.6 is 0 Å². The quantitative estimate of drug-likeness (QED) is 0.735. The minimum absolute atomic E-state index is 0.491. The summed E-state index contributed by atoms with van der Waals surface area (Å²) >= 11 is 0. The molecule has 6 nitrogen and oxygen atoms in total. The third-order valence-electron chi connectivity index (χ3n) is 3.76. The number of rotatable bonds is 8. The van der Waals surface area contributed by atoms with Crippen LogP contribution in [0.2, 0.25) is 0 Å².